The number of hydrogen-bond acceptors (Lipinski definition) is 7. The maximum Gasteiger partial charge on any atom is 0.309 e. The molecule has 0 unspecified atom stereocenters. The van der Waals surface area contributed by atoms with Crippen LogP contribution in [0.3, 0.4) is 0 Å². The van der Waals surface area contributed by atoms with Crippen molar-refractivity contribution < 1.29 is 33.7 Å². The number of fused-ring (bicyclic) bond motifs is 7. The van der Waals surface area contributed by atoms with E-state index in [0.717, 1.165) is 97.2 Å². The third-order valence-corrected chi connectivity index (χ3v) is 22.5. The Morgan fingerprint density at radius 1 is 0.705 bits per heavy atom. The normalized spacial score (nSPS) is 49.2. The summed E-state index contributed by atoms with van der Waals surface area (Å²) in [6, 6.07) is 0.322. The molecule has 0 aromatic heterocycles. The van der Waals surface area contributed by atoms with E-state index >= 15 is 4.79 Å². The van der Waals surface area contributed by atoms with Gasteiger partial charge >= 0.3 is 11.9 Å². The van der Waals surface area contributed by atoms with Gasteiger partial charge in [0.15, 0.2) is 0 Å². The third-order valence-electron chi connectivity index (χ3n) is 22.5. The minimum atomic E-state index is -0.805. The Morgan fingerprint density at radius 2 is 1.49 bits per heavy atom. The van der Waals surface area contributed by atoms with Crippen molar-refractivity contribution in [2.45, 2.75) is 189 Å². The molecule has 10 aliphatic rings. The zero-order valence-corrected chi connectivity index (χ0v) is 39.4. The van der Waals surface area contributed by atoms with E-state index in [1.807, 2.05) is 13.8 Å². The van der Waals surface area contributed by atoms with Crippen LogP contribution in [0.1, 0.15) is 165 Å². The first-order valence-electron chi connectivity index (χ1n) is 25.5. The predicted octanol–water partition coefficient (Wildman–Crippen LogP) is 9.40. The summed E-state index contributed by atoms with van der Waals surface area (Å²) in [5, 5.41) is 9.73. The zero-order valence-electron chi connectivity index (χ0n) is 39.4. The van der Waals surface area contributed by atoms with Crippen molar-refractivity contribution in [3.63, 3.8) is 0 Å². The lowest BCUT2D eigenvalue weighted by Crippen LogP contribution is -2.68. The van der Waals surface area contributed by atoms with Crippen LogP contribution in [0, 0.1) is 79.3 Å². The molecule has 0 aromatic rings. The Hall–Kier alpha value is -1.71. The molecular weight excluding hydrogens is 765 g/mol. The monoisotopic (exact) mass is 847 g/mol. The van der Waals surface area contributed by atoms with Crippen molar-refractivity contribution in [2.75, 3.05) is 39.4 Å². The molecule has 0 spiro atoms. The van der Waals surface area contributed by atoms with Crippen molar-refractivity contribution in [1.29, 1.82) is 0 Å². The molecule has 10 fully saturated rings. The SMILES string of the molecule is CC1([C@@H]2CC[C@]3(C(=O)N4CCC[C@H]4CN4CC[C@@H](O[C@@H]5CCOC5)C4)CC[C@]4(C)[C@H](CC[C@@H]5[C@@]6(C)CC[C@H](OC(=O)[C@H]7C[C@@H](C(=O)O)C7(C)C)C(C)(C)[C@@H]6CC[C@]54C)[C@@H]23)CC1. The molecule has 0 bridgehead atoms. The summed E-state index contributed by atoms with van der Waals surface area (Å²) < 4.78 is 18.6. The van der Waals surface area contributed by atoms with Crippen molar-refractivity contribution in [1.82, 2.24) is 9.80 Å². The Bertz CT molecular complexity index is 1750. The van der Waals surface area contributed by atoms with Crippen molar-refractivity contribution >= 4 is 17.8 Å². The van der Waals surface area contributed by atoms with Crippen LogP contribution in [0.2, 0.25) is 0 Å². The summed E-state index contributed by atoms with van der Waals surface area (Å²) >= 11 is 0. The molecule has 3 aliphatic heterocycles. The molecule has 1 N–H and O–H groups in total. The van der Waals surface area contributed by atoms with Crippen LogP contribution < -0.4 is 0 Å². The van der Waals surface area contributed by atoms with E-state index in [1.165, 1.54) is 44.9 Å². The molecular formula is C52H82N2O7. The summed E-state index contributed by atoms with van der Waals surface area (Å²) in [4.78, 5) is 46.3. The minimum absolute atomic E-state index is 0.143. The van der Waals surface area contributed by atoms with Gasteiger partial charge in [0.25, 0.3) is 0 Å². The van der Waals surface area contributed by atoms with Gasteiger partial charge in [-0.3, -0.25) is 19.3 Å². The lowest BCUT2D eigenvalue weighted by atomic mass is 9.32. The lowest BCUT2D eigenvalue weighted by Gasteiger charge is -2.73. The molecule has 1 amide bonds. The number of carboxylic acid groups (broad SMARTS) is 1. The average molecular weight is 847 g/mol. The number of amides is 1. The molecule has 7 aliphatic carbocycles. The molecule has 3 heterocycles. The van der Waals surface area contributed by atoms with Crippen molar-refractivity contribution in [3.8, 4) is 0 Å². The van der Waals surface area contributed by atoms with Gasteiger partial charge in [0.05, 0.1) is 36.1 Å². The summed E-state index contributed by atoms with van der Waals surface area (Å²) in [7, 11) is 0. The van der Waals surface area contributed by atoms with Gasteiger partial charge in [-0.25, -0.2) is 0 Å². The van der Waals surface area contributed by atoms with Gasteiger partial charge in [0, 0.05) is 44.2 Å². The lowest BCUT2D eigenvalue weighted by molar-refractivity contribution is -0.253. The van der Waals surface area contributed by atoms with E-state index in [2.05, 4.69) is 51.3 Å². The molecule has 342 valence electrons. The van der Waals surface area contributed by atoms with Gasteiger partial charge in [-0.05, 0) is 166 Å². The fourth-order valence-corrected chi connectivity index (χ4v) is 18.3. The summed E-state index contributed by atoms with van der Waals surface area (Å²) in [5.41, 5.74) is -0.00652. The van der Waals surface area contributed by atoms with E-state index < -0.39 is 17.3 Å². The van der Waals surface area contributed by atoms with Gasteiger partial charge in [-0.1, -0.05) is 55.4 Å². The second kappa shape index (κ2) is 14.6. The Kier molecular flexibility index (Phi) is 10.4. The quantitative estimate of drug-likeness (QED) is 0.229. The highest BCUT2D eigenvalue weighted by Gasteiger charge is 2.74. The van der Waals surface area contributed by atoms with Crippen LogP contribution in [0.25, 0.3) is 0 Å². The van der Waals surface area contributed by atoms with E-state index in [0.29, 0.717) is 59.5 Å². The van der Waals surface area contributed by atoms with Crippen LogP contribution in [0.4, 0.5) is 0 Å². The molecule has 0 radical (unpaired) electrons. The Labute approximate surface area is 367 Å². The van der Waals surface area contributed by atoms with Crippen LogP contribution in [-0.2, 0) is 28.6 Å². The topological polar surface area (TPSA) is 106 Å². The molecule has 15 atom stereocenters. The van der Waals surface area contributed by atoms with Gasteiger partial charge in [0.2, 0.25) is 5.91 Å². The first kappa shape index (κ1) is 43.2. The molecule has 0 aromatic carbocycles. The number of rotatable bonds is 9. The number of likely N-dealkylation sites (tertiary alicyclic amines) is 2. The largest absolute Gasteiger partial charge is 0.481 e. The number of aliphatic carboxylic acids is 1. The van der Waals surface area contributed by atoms with Gasteiger partial charge in [0.1, 0.15) is 6.10 Å². The first-order valence-corrected chi connectivity index (χ1v) is 25.5. The number of carbonyl (C=O) groups is 3. The van der Waals surface area contributed by atoms with Gasteiger partial charge in [-0.2, -0.15) is 0 Å². The fourth-order valence-electron chi connectivity index (χ4n) is 18.3. The molecule has 61 heavy (non-hydrogen) atoms. The number of carbonyl (C=O) groups excluding carboxylic acids is 2. The van der Waals surface area contributed by atoms with Crippen LogP contribution in [0.15, 0.2) is 0 Å². The molecule has 10 rings (SSSR count). The number of hydrogen-bond donors (Lipinski definition) is 1. The number of ether oxygens (including phenoxy) is 3. The molecule has 9 nitrogen and oxygen atoms in total. The number of esters is 1. The van der Waals surface area contributed by atoms with E-state index in [9.17, 15) is 14.7 Å². The molecule has 9 heteroatoms. The van der Waals surface area contributed by atoms with Crippen molar-refractivity contribution in [3.05, 3.63) is 0 Å². The highest BCUT2D eigenvalue weighted by molar-refractivity contribution is 5.84. The highest BCUT2D eigenvalue weighted by atomic mass is 16.6. The molecule has 7 saturated carbocycles. The van der Waals surface area contributed by atoms with Crippen LogP contribution in [-0.4, -0.2) is 96.5 Å². The van der Waals surface area contributed by atoms with Crippen LogP contribution in [0.5, 0.6) is 0 Å². The maximum atomic E-state index is 15.7. The second-order valence-electron chi connectivity index (χ2n) is 25.5. The summed E-state index contributed by atoms with van der Waals surface area (Å²) in [5.74, 6) is 1.51. The van der Waals surface area contributed by atoms with E-state index in [1.54, 1.807) is 0 Å². The minimum Gasteiger partial charge on any atom is -0.481 e. The van der Waals surface area contributed by atoms with E-state index in [-0.39, 0.29) is 51.2 Å². The Morgan fingerprint density at radius 3 is 2.20 bits per heavy atom. The number of carboxylic acids is 1. The maximum absolute atomic E-state index is 15.7. The van der Waals surface area contributed by atoms with Crippen LogP contribution >= 0.6 is 0 Å². The molecule has 3 saturated heterocycles. The third kappa shape index (κ3) is 6.37. The predicted molar refractivity (Wildman–Crippen MR) is 234 cm³/mol. The van der Waals surface area contributed by atoms with E-state index in [4.69, 9.17) is 14.2 Å². The fraction of sp³-hybridized carbons (Fsp3) is 0.942. The smallest absolute Gasteiger partial charge is 0.309 e. The van der Waals surface area contributed by atoms with Gasteiger partial charge < -0.3 is 24.2 Å². The highest BCUT2D eigenvalue weighted by Crippen LogP contribution is 2.79. The zero-order chi connectivity index (χ0) is 43.1. The Balaban J connectivity index is 0.869. The van der Waals surface area contributed by atoms with Crippen molar-refractivity contribution in [2.24, 2.45) is 79.3 Å². The second-order valence-corrected chi connectivity index (χ2v) is 25.5. The van der Waals surface area contributed by atoms with Gasteiger partial charge in [-0.15, -0.1) is 0 Å². The standard InChI is InChI=1S/C52H82N2O7/c1-46(2)37(43(55)56)28-38(46)44(57)61-41-15-18-49(6)39(47(41,3)4)14-19-51(8)40(49)12-11-36-42-35(48(5)21-22-48)13-20-52(42,24-23-50(36,51)7)45(58)54-25-9-10-32(54)29-53-26-16-33(30-53)60-34-17-27-59-31-34/h32-42H,9-31H2,1-8H3,(H,55,56)/t32-,33+,34+,35+,36+,37-,38+,39-,40+,41-,42+,49-,50+,51+,52-/m0/s1. The number of nitrogens with zero attached hydrogens (tertiary/aromatic N) is 2. The summed E-state index contributed by atoms with van der Waals surface area (Å²) in [6.45, 7) is 24.8. The average Bonchev–Trinajstić information content (AvgIpc) is 3.74. The first-order chi connectivity index (χ1) is 28.8. The summed E-state index contributed by atoms with van der Waals surface area (Å²) in [6.07, 6.45) is 19.2.